The van der Waals surface area contributed by atoms with Crippen LogP contribution < -0.4 is 0 Å². The lowest BCUT2D eigenvalue weighted by atomic mass is 9.55. The summed E-state index contributed by atoms with van der Waals surface area (Å²) in [6.07, 6.45) is 0. The Morgan fingerprint density at radius 2 is 0.750 bits per heavy atom. The van der Waals surface area contributed by atoms with E-state index in [0.29, 0.717) is 0 Å². The standard InChI is InChI=1S/C63H45N/c1-62(2)54-29-15-17-31-56(54)63(57-32-18-16-30-55(57)62)53-37-35-47(49-36-34-46(42-20-7-3-8-21-42)38-51(49)44-24-11-5-12-25-44)39-52(53)61-50(28-19-33-58(61)63)60-41-48(43-22-9-4-10-23-43)40-59(64-60)45-26-13-6-14-27-45/h3-41H,1-2H3. The van der Waals surface area contributed by atoms with Gasteiger partial charge in [0.15, 0.2) is 0 Å². The summed E-state index contributed by atoms with van der Waals surface area (Å²) in [5.74, 6) is 0. The molecule has 2 aliphatic carbocycles. The molecule has 302 valence electrons. The van der Waals surface area contributed by atoms with Crippen LogP contribution >= 0.6 is 0 Å². The van der Waals surface area contributed by atoms with E-state index in [0.717, 1.165) is 28.1 Å². The molecule has 0 radical (unpaired) electrons. The Morgan fingerprint density at radius 1 is 0.266 bits per heavy atom. The van der Waals surface area contributed by atoms with Gasteiger partial charge in [-0.15, -0.1) is 0 Å². The van der Waals surface area contributed by atoms with Gasteiger partial charge >= 0.3 is 0 Å². The molecule has 0 atom stereocenters. The van der Waals surface area contributed by atoms with E-state index >= 15 is 0 Å². The molecule has 0 bridgehead atoms. The zero-order valence-corrected chi connectivity index (χ0v) is 36.0. The van der Waals surface area contributed by atoms with Crippen molar-refractivity contribution in [2.75, 3.05) is 0 Å². The summed E-state index contributed by atoms with van der Waals surface area (Å²) in [6.45, 7) is 4.78. The summed E-state index contributed by atoms with van der Waals surface area (Å²) in [7, 11) is 0. The van der Waals surface area contributed by atoms with Crippen molar-refractivity contribution >= 4 is 0 Å². The van der Waals surface area contributed by atoms with Gasteiger partial charge in [0.05, 0.1) is 16.8 Å². The smallest absolute Gasteiger partial charge is 0.0722 e. The monoisotopic (exact) mass is 815 g/mol. The maximum Gasteiger partial charge on any atom is 0.0722 e. The van der Waals surface area contributed by atoms with E-state index in [9.17, 15) is 0 Å². The summed E-state index contributed by atoms with van der Waals surface area (Å²) < 4.78 is 0. The number of pyridine rings is 1. The number of hydrogen-bond donors (Lipinski definition) is 0. The van der Waals surface area contributed by atoms with Crippen molar-refractivity contribution in [2.45, 2.75) is 24.7 Å². The SMILES string of the molecule is CC1(C)c2ccccc2C2(c3ccc(-c4ccc(-c5ccccc5)cc4-c4ccccc4)cc3-c3c(-c4cc(-c5ccccc5)cc(-c5ccccc5)n4)cccc32)c2ccccc21. The topological polar surface area (TPSA) is 12.9 Å². The lowest BCUT2D eigenvalue weighted by Gasteiger charge is -2.46. The van der Waals surface area contributed by atoms with Crippen LogP contribution in [0.25, 0.3) is 78.1 Å². The lowest BCUT2D eigenvalue weighted by Crippen LogP contribution is -2.40. The molecule has 0 aliphatic heterocycles. The predicted octanol–water partition coefficient (Wildman–Crippen LogP) is 16.1. The van der Waals surface area contributed by atoms with Crippen molar-refractivity contribution in [1.29, 1.82) is 0 Å². The zero-order valence-electron chi connectivity index (χ0n) is 36.0. The Bertz CT molecular complexity index is 3280. The minimum atomic E-state index is -0.555. The molecule has 1 aromatic heterocycles. The maximum atomic E-state index is 5.57. The largest absolute Gasteiger partial charge is 0.248 e. The van der Waals surface area contributed by atoms with Crippen molar-refractivity contribution in [3.05, 3.63) is 270 Å². The van der Waals surface area contributed by atoms with Crippen LogP contribution in [0.15, 0.2) is 237 Å². The molecule has 64 heavy (non-hydrogen) atoms. The van der Waals surface area contributed by atoms with Gasteiger partial charge in [-0.05, 0) is 113 Å². The highest BCUT2D eigenvalue weighted by Crippen LogP contribution is 2.64. The van der Waals surface area contributed by atoms with Gasteiger partial charge < -0.3 is 0 Å². The summed E-state index contributed by atoms with van der Waals surface area (Å²) in [5, 5.41) is 0. The first-order valence-electron chi connectivity index (χ1n) is 22.4. The molecule has 1 heteroatoms. The molecule has 1 spiro atoms. The first kappa shape index (κ1) is 37.9. The molecule has 12 rings (SSSR count). The second-order valence-electron chi connectivity index (χ2n) is 17.8. The van der Waals surface area contributed by atoms with Crippen LogP contribution in [0.4, 0.5) is 0 Å². The Balaban J connectivity index is 1.17. The van der Waals surface area contributed by atoms with Crippen LogP contribution in [-0.4, -0.2) is 4.98 Å². The highest BCUT2D eigenvalue weighted by molar-refractivity contribution is 5.99. The van der Waals surface area contributed by atoms with Crippen molar-refractivity contribution in [2.24, 2.45) is 0 Å². The average Bonchev–Trinajstić information content (AvgIpc) is 3.67. The highest BCUT2D eigenvalue weighted by atomic mass is 14.7. The van der Waals surface area contributed by atoms with Gasteiger partial charge in [-0.25, -0.2) is 4.98 Å². The first-order chi connectivity index (χ1) is 31.5. The third-order valence-electron chi connectivity index (χ3n) is 14.0. The van der Waals surface area contributed by atoms with E-state index in [4.69, 9.17) is 4.98 Å². The van der Waals surface area contributed by atoms with Gasteiger partial charge in [-0.3, -0.25) is 0 Å². The van der Waals surface area contributed by atoms with E-state index in [1.54, 1.807) is 0 Å². The van der Waals surface area contributed by atoms with Gasteiger partial charge in [0, 0.05) is 16.5 Å². The number of fused-ring (bicyclic) bond motifs is 9. The zero-order chi connectivity index (χ0) is 42.8. The van der Waals surface area contributed by atoms with Gasteiger partial charge in [-0.2, -0.15) is 0 Å². The fourth-order valence-corrected chi connectivity index (χ4v) is 11.0. The fourth-order valence-electron chi connectivity index (χ4n) is 11.0. The summed E-state index contributed by atoms with van der Waals surface area (Å²) in [6, 6.07) is 87.1. The summed E-state index contributed by atoms with van der Waals surface area (Å²) in [5.41, 5.74) is 23.4. The molecular formula is C63H45N. The highest BCUT2D eigenvalue weighted by Gasteiger charge is 2.53. The number of hydrogen-bond acceptors (Lipinski definition) is 1. The Kier molecular flexibility index (Phi) is 8.81. The molecule has 9 aromatic carbocycles. The normalized spacial score (nSPS) is 13.7. The van der Waals surface area contributed by atoms with Crippen molar-refractivity contribution in [3.8, 4) is 78.1 Å². The molecule has 0 saturated heterocycles. The Morgan fingerprint density at radius 3 is 1.38 bits per heavy atom. The summed E-state index contributed by atoms with van der Waals surface area (Å²) in [4.78, 5) is 5.57. The second kappa shape index (κ2) is 14.9. The number of nitrogens with zero attached hydrogens (tertiary/aromatic N) is 1. The van der Waals surface area contributed by atoms with Crippen LogP contribution in [0, 0.1) is 0 Å². The average molecular weight is 816 g/mol. The van der Waals surface area contributed by atoms with Crippen LogP contribution in [0.1, 0.15) is 47.2 Å². The van der Waals surface area contributed by atoms with E-state index in [1.165, 1.54) is 83.5 Å². The lowest BCUT2D eigenvalue weighted by molar-refractivity contribution is 0.563. The van der Waals surface area contributed by atoms with Gasteiger partial charge in [-0.1, -0.05) is 226 Å². The third-order valence-corrected chi connectivity index (χ3v) is 14.0. The molecule has 1 nitrogen and oxygen atoms in total. The molecule has 10 aromatic rings. The molecule has 1 heterocycles. The van der Waals surface area contributed by atoms with Gasteiger partial charge in [0.1, 0.15) is 0 Å². The molecule has 0 N–H and O–H groups in total. The minimum absolute atomic E-state index is 0.194. The van der Waals surface area contributed by atoms with Crippen molar-refractivity contribution < 1.29 is 0 Å². The van der Waals surface area contributed by atoms with E-state index < -0.39 is 5.41 Å². The molecule has 0 unspecified atom stereocenters. The first-order valence-corrected chi connectivity index (χ1v) is 22.4. The Labute approximate surface area is 376 Å². The molecule has 0 saturated carbocycles. The fraction of sp³-hybridized carbons (Fsp3) is 0.0635. The summed E-state index contributed by atoms with van der Waals surface area (Å²) >= 11 is 0. The third kappa shape index (κ3) is 5.81. The second-order valence-corrected chi connectivity index (χ2v) is 17.8. The molecular weight excluding hydrogens is 771 g/mol. The van der Waals surface area contributed by atoms with Gasteiger partial charge in [0.25, 0.3) is 0 Å². The van der Waals surface area contributed by atoms with E-state index in [2.05, 4.69) is 250 Å². The van der Waals surface area contributed by atoms with E-state index in [-0.39, 0.29) is 5.41 Å². The quantitative estimate of drug-likeness (QED) is 0.163. The Hall–Kier alpha value is -7.87. The number of benzene rings is 9. The van der Waals surface area contributed by atoms with Crippen LogP contribution in [0.3, 0.4) is 0 Å². The van der Waals surface area contributed by atoms with Crippen molar-refractivity contribution in [3.63, 3.8) is 0 Å². The molecule has 0 fully saturated rings. The van der Waals surface area contributed by atoms with Crippen LogP contribution in [0.5, 0.6) is 0 Å². The molecule has 0 amide bonds. The number of aromatic nitrogens is 1. The maximum absolute atomic E-state index is 5.57. The predicted molar refractivity (Wildman–Crippen MR) is 266 cm³/mol. The minimum Gasteiger partial charge on any atom is -0.248 e. The molecule has 2 aliphatic rings. The number of rotatable bonds is 6. The van der Waals surface area contributed by atoms with Gasteiger partial charge in [0.2, 0.25) is 0 Å². The van der Waals surface area contributed by atoms with Crippen molar-refractivity contribution in [1.82, 2.24) is 4.98 Å². The van der Waals surface area contributed by atoms with E-state index in [1.807, 2.05) is 0 Å². The van der Waals surface area contributed by atoms with Crippen LogP contribution in [0.2, 0.25) is 0 Å². The van der Waals surface area contributed by atoms with Crippen LogP contribution in [-0.2, 0) is 10.8 Å².